The normalized spacial score (nSPS) is 16.9. The molecule has 4 rings (SSSR count). The minimum Gasteiger partial charge on any atom is -0.496 e. The molecule has 5 heteroatoms. The predicted octanol–water partition coefficient (Wildman–Crippen LogP) is 5.11. The third kappa shape index (κ3) is 4.99. The molecule has 1 atom stereocenters. The topological polar surface area (TPSA) is 48.6 Å². The number of rotatable bonds is 8. The highest BCUT2D eigenvalue weighted by Gasteiger charge is 2.25. The summed E-state index contributed by atoms with van der Waals surface area (Å²) in [7, 11) is 1.66. The van der Waals surface area contributed by atoms with Gasteiger partial charge in [0.15, 0.2) is 0 Å². The van der Waals surface area contributed by atoms with Crippen LogP contribution in [-0.4, -0.2) is 54.0 Å². The highest BCUT2D eigenvalue weighted by Crippen LogP contribution is 2.27. The minimum absolute atomic E-state index is 0.0676. The van der Waals surface area contributed by atoms with Gasteiger partial charge in [-0.25, -0.2) is 0 Å². The standard InChI is InChI=1S/C27H35N3O2/c1-4-20-11-13-21(14-12-20)17-29-15-7-8-22(18-29)19-30(5-2)27(31)25-16-23-24(28-25)9-6-10-26(23)32-3/h6,9-14,16,22,28H,4-5,7-8,15,17-19H2,1-3H3. The second-order valence-corrected chi connectivity index (χ2v) is 8.86. The van der Waals surface area contributed by atoms with E-state index < -0.39 is 0 Å². The molecule has 3 aromatic rings. The number of ether oxygens (including phenoxy) is 1. The van der Waals surface area contributed by atoms with Crippen LogP contribution in [0, 0.1) is 5.92 Å². The fourth-order valence-corrected chi connectivity index (χ4v) is 4.84. The van der Waals surface area contributed by atoms with Crippen LogP contribution in [0.3, 0.4) is 0 Å². The van der Waals surface area contributed by atoms with Crippen molar-refractivity contribution in [2.45, 2.75) is 39.7 Å². The van der Waals surface area contributed by atoms with Crippen molar-refractivity contribution < 1.29 is 9.53 Å². The Morgan fingerprint density at radius 1 is 1.16 bits per heavy atom. The molecule has 2 heterocycles. The summed E-state index contributed by atoms with van der Waals surface area (Å²) >= 11 is 0. The molecule has 0 spiro atoms. The first-order valence-corrected chi connectivity index (χ1v) is 11.9. The smallest absolute Gasteiger partial charge is 0.270 e. The third-order valence-electron chi connectivity index (χ3n) is 6.66. The fraction of sp³-hybridized carbons (Fsp3) is 0.444. The van der Waals surface area contributed by atoms with E-state index in [0.717, 1.165) is 49.3 Å². The molecule has 0 aliphatic carbocycles. The first-order chi connectivity index (χ1) is 15.6. The number of hydrogen-bond donors (Lipinski definition) is 1. The highest BCUT2D eigenvalue weighted by molar-refractivity contribution is 5.99. The lowest BCUT2D eigenvalue weighted by molar-refractivity contribution is 0.0680. The number of H-pyrrole nitrogens is 1. The Balaban J connectivity index is 1.40. The van der Waals surface area contributed by atoms with Crippen molar-refractivity contribution in [1.29, 1.82) is 0 Å². The van der Waals surface area contributed by atoms with Gasteiger partial charge in [-0.2, -0.15) is 0 Å². The van der Waals surface area contributed by atoms with Crippen molar-refractivity contribution in [3.05, 3.63) is 65.4 Å². The average molecular weight is 434 g/mol. The number of carbonyl (C=O) groups is 1. The zero-order valence-corrected chi connectivity index (χ0v) is 19.6. The van der Waals surface area contributed by atoms with Crippen molar-refractivity contribution in [2.75, 3.05) is 33.3 Å². The fourth-order valence-electron chi connectivity index (χ4n) is 4.84. The van der Waals surface area contributed by atoms with E-state index in [1.165, 1.54) is 24.0 Å². The van der Waals surface area contributed by atoms with Gasteiger partial charge < -0.3 is 14.6 Å². The summed E-state index contributed by atoms with van der Waals surface area (Å²) in [6, 6.07) is 16.8. The molecule has 1 aliphatic rings. The molecule has 1 unspecified atom stereocenters. The van der Waals surface area contributed by atoms with Gasteiger partial charge in [-0.15, -0.1) is 0 Å². The molecule has 0 saturated carbocycles. The Morgan fingerprint density at radius 2 is 1.94 bits per heavy atom. The molecule has 1 aromatic heterocycles. The quantitative estimate of drug-likeness (QED) is 0.537. The number of carbonyl (C=O) groups excluding carboxylic acids is 1. The SMILES string of the molecule is CCc1ccc(CN2CCCC(CN(CC)C(=O)c3cc4c(OC)cccc4[nH]3)C2)cc1. The van der Waals surface area contributed by atoms with Crippen LogP contribution >= 0.6 is 0 Å². The monoisotopic (exact) mass is 433 g/mol. The van der Waals surface area contributed by atoms with Crippen molar-refractivity contribution in [3.63, 3.8) is 0 Å². The van der Waals surface area contributed by atoms with E-state index in [2.05, 4.69) is 48.0 Å². The van der Waals surface area contributed by atoms with Gasteiger partial charge in [-0.05, 0) is 68.0 Å². The Kier molecular flexibility index (Phi) is 7.15. The van der Waals surface area contributed by atoms with Crippen molar-refractivity contribution in [3.8, 4) is 5.75 Å². The van der Waals surface area contributed by atoms with E-state index in [0.29, 0.717) is 18.2 Å². The first-order valence-electron chi connectivity index (χ1n) is 11.9. The molecule has 2 aromatic carbocycles. The van der Waals surface area contributed by atoms with Gasteiger partial charge in [-0.3, -0.25) is 9.69 Å². The summed E-state index contributed by atoms with van der Waals surface area (Å²) in [5.41, 5.74) is 4.33. The lowest BCUT2D eigenvalue weighted by atomic mass is 9.96. The third-order valence-corrected chi connectivity index (χ3v) is 6.66. The number of aryl methyl sites for hydroxylation is 1. The summed E-state index contributed by atoms with van der Waals surface area (Å²) in [6.45, 7) is 8.93. The molecule has 1 aliphatic heterocycles. The Bertz CT molecular complexity index is 1040. The maximum Gasteiger partial charge on any atom is 0.270 e. The molecule has 32 heavy (non-hydrogen) atoms. The van der Waals surface area contributed by atoms with Gasteiger partial charge in [0.25, 0.3) is 5.91 Å². The number of methoxy groups -OCH3 is 1. The van der Waals surface area contributed by atoms with Crippen LogP contribution < -0.4 is 4.74 Å². The lowest BCUT2D eigenvalue weighted by Gasteiger charge is -2.35. The molecule has 1 fully saturated rings. The number of amides is 1. The molecule has 1 N–H and O–H groups in total. The van der Waals surface area contributed by atoms with Gasteiger partial charge in [0.05, 0.1) is 7.11 Å². The highest BCUT2D eigenvalue weighted by atomic mass is 16.5. The molecule has 0 bridgehead atoms. The van der Waals surface area contributed by atoms with Crippen molar-refractivity contribution in [2.24, 2.45) is 5.92 Å². The molecule has 1 amide bonds. The molecular weight excluding hydrogens is 398 g/mol. The zero-order chi connectivity index (χ0) is 22.5. The van der Waals surface area contributed by atoms with Crippen LogP contribution in [0.4, 0.5) is 0 Å². The van der Waals surface area contributed by atoms with E-state index >= 15 is 0 Å². The number of likely N-dealkylation sites (tertiary alicyclic amines) is 1. The number of hydrogen-bond acceptors (Lipinski definition) is 3. The Labute approximate surface area is 191 Å². The molecule has 5 nitrogen and oxygen atoms in total. The van der Waals surface area contributed by atoms with Crippen LogP contribution in [0.2, 0.25) is 0 Å². The van der Waals surface area contributed by atoms with Gasteiger partial charge >= 0.3 is 0 Å². The maximum absolute atomic E-state index is 13.3. The van der Waals surface area contributed by atoms with E-state index in [4.69, 9.17) is 4.74 Å². The number of nitrogens with zero attached hydrogens (tertiary/aromatic N) is 2. The summed E-state index contributed by atoms with van der Waals surface area (Å²) in [4.78, 5) is 21.1. The molecule has 1 saturated heterocycles. The van der Waals surface area contributed by atoms with Crippen molar-refractivity contribution >= 4 is 16.8 Å². The number of aromatic amines is 1. The minimum atomic E-state index is 0.0676. The number of fused-ring (bicyclic) bond motifs is 1. The number of benzene rings is 2. The van der Waals surface area contributed by atoms with Crippen LogP contribution in [0.5, 0.6) is 5.75 Å². The van der Waals surface area contributed by atoms with Gasteiger partial charge in [0.1, 0.15) is 11.4 Å². The molecule has 170 valence electrons. The molecular formula is C27H35N3O2. The summed E-state index contributed by atoms with van der Waals surface area (Å²) in [5, 5.41) is 0.951. The van der Waals surface area contributed by atoms with E-state index in [1.54, 1.807) is 7.11 Å². The lowest BCUT2D eigenvalue weighted by Crippen LogP contribution is -2.42. The average Bonchev–Trinajstić information content (AvgIpc) is 3.27. The van der Waals surface area contributed by atoms with Crippen LogP contribution in [-0.2, 0) is 13.0 Å². The largest absolute Gasteiger partial charge is 0.496 e. The van der Waals surface area contributed by atoms with Crippen LogP contribution in [0.15, 0.2) is 48.5 Å². The zero-order valence-electron chi connectivity index (χ0n) is 19.6. The number of aromatic nitrogens is 1. The van der Waals surface area contributed by atoms with E-state index in [9.17, 15) is 4.79 Å². The Morgan fingerprint density at radius 3 is 2.66 bits per heavy atom. The second-order valence-electron chi connectivity index (χ2n) is 8.86. The summed E-state index contributed by atoms with van der Waals surface area (Å²) in [5.74, 6) is 1.36. The van der Waals surface area contributed by atoms with Crippen LogP contribution in [0.25, 0.3) is 10.9 Å². The van der Waals surface area contributed by atoms with Gasteiger partial charge in [-0.1, -0.05) is 37.3 Å². The maximum atomic E-state index is 13.3. The van der Waals surface area contributed by atoms with Crippen LogP contribution in [0.1, 0.15) is 48.3 Å². The van der Waals surface area contributed by atoms with E-state index in [1.807, 2.05) is 29.2 Å². The Hall–Kier alpha value is -2.79. The van der Waals surface area contributed by atoms with Crippen molar-refractivity contribution in [1.82, 2.24) is 14.8 Å². The summed E-state index contributed by atoms with van der Waals surface area (Å²) in [6.07, 6.45) is 3.44. The number of nitrogens with one attached hydrogen (secondary N) is 1. The number of piperidine rings is 1. The molecule has 0 radical (unpaired) electrons. The second kappa shape index (κ2) is 10.2. The van der Waals surface area contributed by atoms with Gasteiger partial charge in [0, 0.05) is 37.1 Å². The first kappa shape index (κ1) is 22.4. The van der Waals surface area contributed by atoms with Gasteiger partial charge in [0.2, 0.25) is 0 Å². The van der Waals surface area contributed by atoms with E-state index in [-0.39, 0.29) is 5.91 Å². The summed E-state index contributed by atoms with van der Waals surface area (Å²) < 4.78 is 5.45. The predicted molar refractivity (Wildman–Crippen MR) is 130 cm³/mol.